The third kappa shape index (κ3) is 5.76. The highest BCUT2D eigenvalue weighted by molar-refractivity contribution is 7.18. The number of rotatable bonds is 7. The van der Waals surface area contributed by atoms with E-state index in [0.717, 1.165) is 25.1 Å². The highest BCUT2D eigenvalue weighted by Crippen LogP contribution is 2.35. The number of anilines is 2. The van der Waals surface area contributed by atoms with Crippen molar-refractivity contribution in [3.8, 4) is 0 Å². The average Bonchev–Trinajstić information content (AvgIpc) is 3.45. The van der Waals surface area contributed by atoms with E-state index in [0.29, 0.717) is 46.1 Å². The number of hydrogen-bond donors (Lipinski definition) is 1. The van der Waals surface area contributed by atoms with Crippen molar-refractivity contribution >= 4 is 63.6 Å². The van der Waals surface area contributed by atoms with Crippen LogP contribution >= 0.6 is 34.5 Å². The van der Waals surface area contributed by atoms with Gasteiger partial charge in [0, 0.05) is 44.8 Å². The Labute approximate surface area is 220 Å². The predicted octanol–water partition coefficient (Wildman–Crippen LogP) is 4.68. The maximum Gasteiger partial charge on any atom is 0.261 e. The van der Waals surface area contributed by atoms with Crippen molar-refractivity contribution in [2.24, 2.45) is 5.92 Å². The molecular weight excluding hydrogens is 507 g/mol. The fraction of sp³-hybridized carbons (Fsp3) is 0.480. The molecule has 0 radical (unpaired) electrons. The van der Waals surface area contributed by atoms with Gasteiger partial charge >= 0.3 is 0 Å². The van der Waals surface area contributed by atoms with Crippen LogP contribution in [0.3, 0.4) is 0 Å². The second-order valence-electron chi connectivity index (χ2n) is 8.91. The topological polar surface area (TPSA) is 73.0 Å². The summed E-state index contributed by atoms with van der Waals surface area (Å²) >= 11 is 13.8. The Bertz CT molecular complexity index is 1100. The van der Waals surface area contributed by atoms with Crippen LogP contribution in [0.4, 0.5) is 11.4 Å². The van der Waals surface area contributed by atoms with Crippen LogP contribution in [0.2, 0.25) is 9.36 Å². The quantitative estimate of drug-likeness (QED) is 0.557. The van der Waals surface area contributed by atoms with Gasteiger partial charge in [-0.15, -0.1) is 11.3 Å². The molecule has 3 heterocycles. The van der Waals surface area contributed by atoms with Crippen molar-refractivity contribution in [1.29, 1.82) is 0 Å². The summed E-state index contributed by atoms with van der Waals surface area (Å²) in [6, 6.07) is 8.68. The van der Waals surface area contributed by atoms with Crippen molar-refractivity contribution in [3.63, 3.8) is 0 Å². The molecule has 2 aromatic rings. The number of carbonyl (C=O) groups excluding carboxylic acids is 3. The lowest BCUT2D eigenvalue weighted by Crippen LogP contribution is -2.45. The molecular formula is C25H30Cl2N4O3S. The fourth-order valence-electron chi connectivity index (χ4n) is 4.86. The number of thiophene rings is 1. The van der Waals surface area contributed by atoms with Gasteiger partial charge < -0.3 is 20.0 Å². The minimum absolute atomic E-state index is 0.0397. The molecule has 1 aromatic carbocycles. The molecule has 1 N–H and O–H groups in total. The zero-order valence-corrected chi connectivity index (χ0v) is 22.3. The SMILES string of the molecule is CCN(CC)C(=O)C1CCCN(c2ccc(N3CC(NC(=O)c4ccc(Cl)s4)CC3=O)cc2Cl)C1. The minimum atomic E-state index is -0.289. The maximum atomic E-state index is 12.9. The van der Waals surface area contributed by atoms with Gasteiger partial charge in [-0.25, -0.2) is 0 Å². The summed E-state index contributed by atoms with van der Waals surface area (Å²) in [5.41, 5.74) is 1.57. The summed E-state index contributed by atoms with van der Waals surface area (Å²) in [6.45, 7) is 7.30. The summed E-state index contributed by atoms with van der Waals surface area (Å²) in [6.07, 6.45) is 2.04. The van der Waals surface area contributed by atoms with Crippen LogP contribution < -0.4 is 15.1 Å². The molecule has 7 nitrogen and oxygen atoms in total. The first kappa shape index (κ1) is 25.8. The number of amides is 3. The molecule has 2 atom stereocenters. The van der Waals surface area contributed by atoms with E-state index in [1.54, 1.807) is 23.1 Å². The average molecular weight is 538 g/mol. The van der Waals surface area contributed by atoms with E-state index < -0.39 is 0 Å². The molecule has 2 aliphatic heterocycles. The smallest absolute Gasteiger partial charge is 0.261 e. The van der Waals surface area contributed by atoms with Gasteiger partial charge in [-0.3, -0.25) is 14.4 Å². The van der Waals surface area contributed by atoms with E-state index in [1.807, 2.05) is 30.9 Å². The van der Waals surface area contributed by atoms with E-state index in [9.17, 15) is 14.4 Å². The van der Waals surface area contributed by atoms with Crippen LogP contribution in [0.25, 0.3) is 0 Å². The van der Waals surface area contributed by atoms with Crippen molar-refractivity contribution in [2.75, 3.05) is 42.5 Å². The summed E-state index contributed by atoms with van der Waals surface area (Å²) < 4.78 is 0.548. The van der Waals surface area contributed by atoms with Gasteiger partial charge in [-0.1, -0.05) is 23.2 Å². The Hall–Kier alpha value is -2.29. The summed E-state index contributed by atoms with van der Waals surface area (Å²) in [5, 5.41) is 3.47. The van der Waals surface area contributed by atoms with Crippen molar-refractivity contribution < 1.29 is 14.4 Å². The lowest BCUT2D eigenvalue weighted by atomic mass is 9.96. The Balaban J connectivity index is 1.42. The normalized spacial score (nSPS) is 20.3. The number of piperidine rings is 1. The zero-order chi connectivity index (χ0) is 25.1. The Morgan fingerprint density at radius 1 is 1.14 bits per heavy atom. The van der Waals surface area contributed by atoms with Gasteiger partial charge in [0.05, 0.1) is 31.9 Å². The van der Waals surface area contributed by atoms with Gasteiger partial charge in [0.2, 0.25) is 11.8 Å². The summed E-state index contributed by atoms with van der Waals surface area (Å²) in [7, 11) is 0. The molecule has 0 saturated carbocycles. The molecule has 1 aromatic heterocycles. The molecule has 2 fully saturated rings. The van der Waals surface area contributed by atoms with Crippen LogP contribution in [0.15, 0.2) is 30.3 Å². The lowest BCUT2D eigenvalue weighted by Gasteiger charge is -2.36. The van der Waals surface area contributed by atoms with E-state index in [2.05, 4.69) is 10.2 Å². The van der Waals surface area contributed by atoms with Gasteiger partial charge in [0.15, 0.2) is 0 Å². The third-order valence-electron chi connectivity index (χ3n) is 6.69. The highest BCUT2D eigenvalue weighted by Gasteiger charge is 2.33. The van der Waals surface area contributed by atoms with Crippen LogP contribution in [0, 0.1) is 5.92 Å². The van der Waals surface area contributed by atoms with Crippen LogP contribution in [0.1, 0.15) is 42.8 Å². The summed E-state index contributed by atoms with van der Waals surface area (Å²) in [4.78, 5) is 44.3. The first-order chi connectivity index (χ1) is 16.8. The minimum Gasteiger partial charge on any atom is -0.370 e. The van der Waals surface area contributed by atoms with E-state index in [4.69, 9.17) is 23.2 Å². The molecule has 3 amide bonds. The molecule has 2 aliphatic rings. The Morgan fingerprint density at radius 3 is 2.57 bits per heavy atom. The van der Waals surface area contributed by atoms with E-state index in [-0.39, 0.29) is 36.1 Å². The van der Waals surface area contributed by atoms with Gasteiger partial charge in [-0.05, 0) is 57.0 Å². The Kier molecular flexibility index (Phi) is 8.24. The molecule has 188 valence electrons. The highest BCUT2D eigenvalue weighted by atomic mass is 35.5. The van der Waals surface area contributed by atoms with E-state index >= 15 is 0 Å². The molecule has 0 spiro atoms. The molecule has 4 rings (SSSR count). The molecule has 2 saturated heterocycles. The van der Waals surface area contributed by atoms with Crippen LogP contribution in [-0.2, 0) is 9.59 Å². The van der Waals surface area contributed by atoms with Gasteiger partial charge in [0.25, 0.3) is 5.91 Å². The molecule has 0 bridgehead atoms. The number of hydrogen-bond acceptors (Lipinski definition) is 5. The van der Waals surface area contributed by atoms with Crippen LogP contribution in [-0.4, -0.2) is 61.4 Å². The predicted molar refractivity (Wildman–Crippen MR) is 142 cm³/mol. The maximum absolute atomic E-state index is 12.9. The number of carbonyl (C=O) groups is 3. The number of nitrogens with zero attached hydrogens (tertiary/aromatic N) is 3. The second kappa shape index (κ2) is 11.2. The van der Waals surface area contributed by atoms with Crippen molar-refractivity contribution in [1.82, 2.24) is 10.2 Å². The molecule has 0 aliphatic carbocycles. The molecule has 2 unspecified atom stereocenters. The summed E-state index contributed by atoms with van der Waals surface area (Å²) in [5.74, 6) is -0.129. The fourth-order valence-corrected chi connectivity index (χ4v) is 6.10. The second-order valence-corrected chi connectivity index (χ2v) is 11.0. The first-order valence-corrected chi connectivity index (χ1v) is 13.6. The third-order valence-corrected chi connectivity index (χ3v) is 8.22. The molecule has 35 heavy (non-hydrogen) atoms. The van der Waals surface area contributed by atoms with E-state index in [1.165, 1.54) is 11.3 Å². The van der Waals surface area contributed by atoms with Gasteiger partial charge in [0.1, 0.15) is 0 Å². The Morgan fingerprint density at radius 2 is 1.91 bits per heavy atom. The first-order valence-electron chi connectivity index (χ1n) is 12.0. The van der Waals surface area contributed by atoms with Crippen LogP contribution in [0.5, 0.6) is 0 Å². The number of halogens is 2. The number of benzene rings is 1. The largest absolute Gasteiger partial charge is 0.370 e. The molecule has 10 heteroatoms. The number of nitrogens with one attached hydrogen (secondary N) is 1. The standard InChI is InChI=1S/C25H30Cl2N4O3S/c1-3-29(4-2)25(34)16-6-5-11-30(14-16)20-8-7-18(13-19(20)26)31-15-17(12-23(31)32)28-24(33)21-9-10-22(27)35-21/h7-10,13,16-17H,3-6,11-12,14-15H2,1-2H3,(H,28,33). The van der Waals surface area contributed by atoms with Crippen molar-refractivity contribution in [2.45, 2.75) is 39.2 Å². The zero-order valence-electron chi connectivity index (χ0n) is 19.9. The lowest BCUT2D eigenvalue weighted by molar-refractivity contribution is -0.135. The van der Waals surface area contributed by atoms with Crippen molar-refractivity contribution in [3.05, 3.63) is 44.6 Å². The van der Waals surface area contributed by atoms with Gasteiger partial charge in [-0.2, -0.15) is 0 Å². The monoisotopic (exact) mass is 536 g/mol.